The lowest BCUT2D eigenvalue weighted by molar-refractivity contribution is 0.386. The summed E-state index contributed by atoms with van der Waals surface area (Å²) in [6, 6.07) is 4.75. The molecule has 0 aliphatic carbocycles. The summed E-state index contributed by atoms with van der Waals surface area (Å²) in [5.74, 6) is 0.138. The number of hydrogen-bond donors (Lipinski definition) is 1. The first kappa shape index (κ1) is 8.86. The number of benzene rings is 1. The molecule has 1 aromatic heterocycles. The molecule has 0 radical (unpaired) electrons. The molecule has 0 saturated heterocycles. The molecule has 1 aliphatic rings. The van der Waals surface area contributed by atoms with E-state index in [0.29, 0.717) is 11.0 Å². The summed E-state index contributed by atoms with van der Waals surface area (Å²) in [5, 5.41) is 0. The van der Waals surface area contributed by atoms with Crippen molar-refractivity contribution in [2.75, 3.05) is 0 Å². The summed E-state index contributed by atoms with van der Waals surface area (Å²) in [6.45, 7) is 0. The summed E-state index contributed by atoms with van der Waals surface area (Å²) < 4.78 is 33.0. The zero-order valence-corrected chi connectivity index (χ0v) is 8.83. The van der Waals surface area contributed by atoms with Crippen molar-refractivity contribution >= 4 is 34.2 Å². The Labute approximate surface area is 90.3 Å². The average Bonchev–Trinajstić information content (AvgIpc) is 2.40. The van der Waals surface area contributed by atoms with Gasteiger partial charge in [-0.3, -0.25) is 0 Å². The maximum atomic E-state index is 11.2. The second kappa shape index (κ2) is 2.58. The highest BCUT2D eigenvalue weighted by atomic mass is 32.3. The van der Waals surface area contributed by atoms with Crippen LogP contribution in [-0.2, 0) is 10.4 Å². The van der Waals surface area contributed by atoms with E-state index in [0.717, 1.165) is 0 Å². The Morgan fingerprint density at radius 3 is 2.93 bits per heavy atom. The maximum absolute atomic E-state index is 11.2. The molecule has 0 spiro atoms. The third kappa shape index (κ3) is 1.18. The number of hydrogen-bond acceptors (Lipinski definition) is 6. The molecular weight excluding hydrogens is 240 g/mol. The Morgan fingerprint density at radius 1 is 1.33 bits per heavy atom. The van der Waals surface area contributed by atoms with E-state index < -0.39 is 10.4 Å². The highest BCUT2D eigenvalue weighted by Gasteiger charge is 2.27. The van der Waals surface area contributed by atoms with Crippen LogP contribution in [-0.4, -0.2) is 17.4 Å². The van der Waals surface area contributed by atoms with Gasteiger partial charge >= 0.3 is 16.4 Å². The molecular formula is C7H4N2O4S2. The Hall–Kier alpha value is -1.41. The van der Waals surface area contributed by atoms with Gasteiger partial charge in [-0.25, -0.2) is 3.97 Å². The molecule has 0 N–H and O–H groups in total. The zero-order chi connectivity index (χ0) is 10.6. The normalized spacial score (nSPS) is 17.1. The quantitative estimate of drug-likeness (QED) is 0.692. The second-order valence-electron chi connectivity index (χ2n) is 2.90. The molecule has 8 heteroatoms. The monoisotopic (exact) mass is 244 g/mol. The number of rotatable bonds is 0. The smallest absolute Gasteiger partial charge is 0.350 e. The first-order valence-corrected chi connectivity index (χ1v) is 5.65. The van der Waals surface area contributed by atoms with E-state index in [1.807, 2.05) is 0 Å². The largest absolute Gasteiger partial charge is 0.503 e. The molecule has 0 fully saturated rings. The fraction of sp³-hybridized carbons (Fsp3) is 0. The van der Waals surface area contributed by atoms with Gasteiger partial charge in [0.05, 0.1) is 5.52 Å². The van der Waals surface area contributed by atoms with Crippen molar-refractivity contribution in [2.24, 2.45) is 0 Å². The van der Waals surface area contributed by atoms with E-state index in [1.165, 1.54) is 10.0 Å². The van der Waals surface area contributed by atoms with Crippen molar-refractivity contribution in [2.45, 2.75) is 0 Å². The van der Waals surface area contributed by atoms with Gasteiger partial charge in [-0.1, -0.05) is 18.9 Å². The van der Waals surface area contributed by atoms with Gasteiger partial charge in [-0.05, 0) is 12.1 Å². The van der Waals surface area contributed by atoms with Crippen LogP contribution >= 0.6 is 12.8 Å². The Kier molecular flexibility index (Phi) is 1.53. The lowest BCUT2D eigenvalue weighted by Gasteiger charge is -2.07. The fourth-order valence-electron chi connectivity index (χ4n) is 1.38. The van der Waals surface area contributed by atoms with E-state index in [-0.39, 0.29) is 11.8 Å². The van der Waals surface area contributed by atoms with Crippen LogP contribution in [0.5, 0.6) is 11.8 Å². The number of imidazole rings is 1. The first-order valence-electron chi connectivity index (χ1n) is 3.91. The van der Waals surface area contributed by atoms with E-state index in [1.54, 1.807) is 12.1 Å². The average molecular weight is 244 g/mol. The molecule has 0 saturated carbocycles. The molecule has 3 rings (SSSR count). The molecule has 1 aromatic carbocycles. The van der Waals surface area contributed by atoms with Crippen LogP contribution in [0.25, 0.3) is 11.0 Å². The van der Waals surface area contributed by atoms with E-state index in [4.69, 9.17) is 0 Å². The van der Waals surface area contributed by atoms with Gasteiger partial charge in [0.25, 0.3) is 0 Å². The van der Waals surface area contributed by atoms with Gasteiger partial charge in [0.15, 0.2) is 5.75 Å². The highest BCUT2D eigenvalue weighted by molar-refractivity contribution is 7.82. The zero-order valence-electron chi connectivity index (χ0n) is 7.11. The number of nitrogens with zero attached hydrogens (tertiary/aromatic N) is 2. The minimum absolute atomic E-state index is 0.127. The number of para-hydroxylation sites is 1. The molecule has 78 valence electrons. The van der Waals surface area contributed by atoms with E-state index >= 15 is 0 Å². The predicted molar refractivity (Wildman–Crippen MR) is 54.3 cm³/mol. The van der Waals surface area contributed by atoms with E-state index in [2.05, 4.69) is 26.2 Å². The van der Waals surface area contributed by atoms with Crippen LogP contribution in [0.1, 0.15) is 0 Å². The van der Waals surface area contributed by atoms with Crippen molar-refractivity contribution in [1.29, 1.82) is 0 Å². The van der Waals surface area contributed by atoms with Crippen molar-refractivity contribution in [1.82, 2.24) is 8.96 Å². The van der Waals surface area contributed by atoms with Gasteiger partial charge in [0.2, 0.25) is 0 Å². The highest BCUT2D eigenvalue weighted by Crippen LogP contribution is 2.33. The number of aromatic nitrogens is 2. The van der Waals surface area contributed by atoms with Crippen LogP contribution in [0, 0.1) is 0 Å². The van der Waals surface area contributed by atoms with Crippen LogP contribution in [0.15, 0.2) is 18.2 Å². The SMILES string of the molecule is O=S1(=O)Oc2cccc3c2nc(n3S)O1. The molecule has 6 nitrogen and oxygen atoms in total. The fourth-order valence-corrected chi connectivity index (χ4v) is 2.36. The lowest BCUT2D eigenvalue weighted by atomic mass is 10.3. The van der Waals surface area contributed by atoms with Crippen molar-refractivity contribution in [3.8, 4) is 11.8 Å². The summed E-state index contributed by atoms with van der Waals surface area (Å²) in [5.41, 5.74) is 1.03. The third-order valence-electron chi connectivity index (χ3n) is 1.96. The molecule has 1 aliphatic heterocycles. The topological polar surface area (TPSA) is 70.4 Å². The minimum atomic E-state index is -4.09. The molecule has 0 amide bonds. The van der Waals surface area contributed by atoms with E-state index in [9.17, 15) is 8.42 Å². The summed E-state index contributed by atoms with van der Waals surface area (Å²) in [6.07, 6.45) is 0. The molecule has 15 heavy (non-hydrogen) atoms. The van der Waals surface area contributed by atoms with Crippen molar-refractivity contribution in [3.63, 3.8) is 0 Å². The van der Waals surface area contributed by atoms with Gasteiger partial charge < -0.3 is 8.37 Å². The third-order valence-corrected chi connectivity index (χ3v) is 3.09. The van der Waals surface area contributed by atoms with Crippen LogP contribution in [0.4, 0.5) is 0 Å². The van der Waals surface area contributed by atoms with Crippen molar-refractivity contribution in [3.05, 3.63) is 18.2 Å². The Bertz CT molecular complexity index is 661. The predicted octanol–water partition coefficient (Wildman–Crippen LogP) is 0.745. The Balaban J connectivity index is 2.48. The summed E-state index contributed by atoms with van der Waals surface area (Å²) in [7, 11) is -4.09. The molecule has 0 atom stereocenters. The summed E-state index contributed by atoms with van der Waals surface area (Å²) in [4.78, 5) is 3.95. The van der Waals surface area contributed by atoms with Gasteiger partial charge in [0, 0.05) is 0 Å². The molecule has 0 unspecified atom stereocenters. The maximum Gasteiger partial charge on any atom is 0.503 e. The van der Waals surface area contributed by atoms with Gasteiger partial charge in [-0.2, -0.15) is 4.98 Å². The van der Waals surface area contributed by atoms with Gasteiger partial charge in [-0.15, -0.1) is 8.42 Å². The number of fused-ring (bicyclic) bond motifs is 1. The Morgan fingerprint density at radius 2 is 2.13 bits per heavy atom. The van der Waals surface area contributed by atoms with Crippen LogP contribution in [0.3, 0.4) is 0 Å². The lowest BCUT2D eigenvalue weighted by Crippen LogP contribution is -2.17. The standard InChI is InChI=1S/C7H4N2O4S2/c10-15(11)12-5-3-1-2-4-6(5)8-7(13-15)9(4)14/h1-3,14H. The van der Waals surface area contributed by atoms with Gasteiger partial charge in [0.1, 0.15) is 5.52 Å². The van der Waals surface area contributed by atoms with Crippen molar-refractivity contribution < 1.29 is 16.8 Å². The van der Waals surface area contributed by atoms with Crippen LogP contribution in [0.2, 0.25) is 0 Å². The molecule has 2 heterocycles. The molecule has 2 bridgehead atoms. The second-order valence-corrected chi connectivity index (χ2v) is 4.45. The molecule has 2 aromatic rings. The van der Waals surface area contributed by atoms with Crippen LogP contribution < -0.4 is 8.37 Å². The number of thiol groups is 1. The minimum Gasteiger partial charge on any atom is -0.350 e. The first-order chi connectivity index (χ1) is 7.07. The summed E-state index contributed by atoms with van der Waals surface area (Å²) >= 11 is 4.06.